The molecule has 0 spiro atoms. The van der Waals surface area contributed by atoms with Gasteiger partial charge in [0.15, 0.2) is 0 Å². The molecule has 0 aliphatic heterocycles. The summed E-state index contributed by atoms with van der Waals surface area (Å²) in [6.45, 7) is 7.17. The fourth-order valence-corrected chi connectivity index (χ4v) is 1.60. The zero-order valence-corrected chi connectivity index (χ0v) is 15.5. The molecule has 0 rings (SSSR count). The monoisotopic (exact) mass is 304 g/mol. The van der Waals surface area contributed by atoms with Crippen LogP contribution in [0.2, 0.25) is 0 Å². The average molecular weight is 304 g/mol. The van der Waals surface area contributed by atoms with Crippen LogP contribution in [0.4, 0.5) is 0 Å². The van der Waals surface area contributed by atoms with E-state index in [1.54, 1.807) is 0 Å². The smallest absolute Gasteiger partial charge is 0.379 e. The van der Waals surface area contributed by atoms with Crippen molar-refractivity contribution in [1.29, 1.82) is 0 Å². The molecule has 0 aromatic carbocycles. The number of hydrogen-bond donors (Lipinski definition) is 0. The molecule has 0 aliphatic rings. The quantitative estimate of drug-likeness (QED) is 0.280. The van der Waals surface area contributed by atoms with Gasteiger partial charge < -0.3 is 9.47 Å². The van der Waals surface area contributed by atoms with Crippen molar-refractivity contribution >= 4 is 37.8 Å². The Balaban J connectivity index is 0. The van der Waals surface area contributed by atoms with E-state index < -0.39 is 8.25 Å². The fourth-order valence-electron chi connectivity index (χ4n) is 1.08. The molecule has 0 unspecified atom stereocenters. The molecule has 109 valence electrons. The van der Waals surface area contributed by atoms with E-state index in [9.17, 15) is 4.57 Å². The van der Waals surface area contributed by atoms with E-state index in [1.165, 1.54) is 0 Å². The molecule has 0 bridgehead atoms. The first-order chi connectivity index (χ1) is 8.81. The molecule has 7 heteroatoms. The van der Waals surface area contributed by atoms with Gasteiger partial charge in [0.05, 0.1) is 13.2 Å². The second-order valence-corrected chi connectivity index (χ2v) is 4.79. The predicted molar refractivity (Wildman–Crippen MR) is 76.7 cm³/mol. The van der Waals surface area contributed by atoms with Gasteiger partial charge in [-0.2, -0.15) is 0 Å². The van der Waals surface area contributed by atoms with Crippen LogP contribution in [0, 0.1) is 0 Å². The van der Waals surface area contributed by atoms with Gasteiger partial charge in [-0.3, -0.25) is 0 Å². The van der Waals surface area contributed by atoms with Crippen LogP contribution >= 0.6 is 8.25 Å². The average Bonchev–Trinajstić information content (AvgIpc) is 2.38. The molecule has 0 aliphatic carbocycles. The van der Waals surface area contributed by atoms with Gasteiger partial charge in [-0.05, 0) is 12.8 Å². The van der Waals surface area contributed by atoms with Crippen LogP contribution in [0.1, 0.15) is 39.5 Å². The molecule has 0 aromatic heterocycles. The standard InChI is InChI=1S/C12H26O5P.Na/c1-3-5-7-14-9-11-16-18(13)17-12-10-15-8-6-4-2;/h3-12H2,1-2H3;/q+1;. The fraction of sp³-hybridized carbons (Fsp3) is 1.00. The number of rotatable bonds is 14. The first kappa shape index (κ1) is 22.2. The third kappa shape index (κ3) is 18.9. The second-order valence-electron chi connectivity index (χ2n) is 3.82. The van der Waals surface area contributed by atoms with E-state index >= 15 is 0 Å². The Morgan fingerprint density at radius 1 is 0.737 bits per heavy atom. The zero-order chi connectivity index (χ0) is 13.5. The van der Waals surface area contributed by atoms with Crippen LogP contribution in [0.25, 0.3) is 0 Å². The molecule has 0 aromatic rings. The minimum absolute atomic E-state index is 0. The Morgan fingerprint density at radius 3 is 1.53 bits per heavy atom. The summed E-state index contributed by atoms with van der Waals surface area (Å²) in [5.74, 6) is 0. The van der Waals surface area contributed by atoms with Crippen molar-refractivity contribution < 1.29 is 23.1 Å². The van der Waals surface area contributed by atoms with E-state index in [1.807, 2.05) is 0 Å². The summed E-state index contributed by atoms with van der Waals surface area (Å²) < 4.78 is 31.6. The second kappa shape index (κ2) is 18.9. The summed E-state index contributed by atoms with van der Waals surface area (Å²) in [4.78, 5) is 0. The van der Waals surface area contributed by atoms with E-state index in [2.05, 4.69) is 13.8 Å². The third-order valence-electron chi connectivity index (χ3n) is 2.13. The first-order valence-electron chi connectivity index (χ1n) is 6.69. The van der Waals surface area contributed by atoms with Crippen molar-refractivity contribution in [2.24, 2.45) is 0 Å². The molecule has 0 amide bonds. The summed E-state index contributed by atoms with van der Waals surface area (Å²) in [6, 6.07) is 0. The van der Waals surface area contributed by atoms with Crippen LogP contribution in [0.15, 0.2) is 0 Å². The summed E-state index contributed by atoms with van der Waals surface area (Å²) >= 11 is 0. The Bertz CT molecular complexity index is 177. The Labute approximate surface area is 139 Å². The molecule has 0 fully saturated rings. The normalized spacial score (nSPS) is 10.2. The SMILES string of the molecule is CCCCOCCO[P+](=O)OCCOCCCC.[Na]. The van der Waals surface area contributed by atoms with Gasteiger partial charge >= 0.3 is 8.25 Å². The Kier molecular flexibility index (Phi) is 22.2. The van der Waals surface area contributed by atoms with E-state index in [-0.39, 0.29) is 29.6 Å². The van der Waals surface area contributed by atoms with Gasteiger partial charge in [0.25, 0.3) is 0 Å². The maximum atomic E-state index is 11.2. The largest absolute Gasteiger partial charge is 0.697 e. The number of ether oxygens (including phenoxy) is 2. The minimum Gasteiger partial charge on any atom is -0.379 e. The molecule has 19 heavy (non-hydrogen) atoms. The summed E-state index contributed by atoms with van der Waals surface area (Å²) in [5.41, 5.74) is 0. The Hall–Kier alpha value is 0.940. The summed E-state index contributed by atoms with van der Waals surface area (Å²) in [7, 11) is -2.04. The van der Waals surface area contributed by atoms with Crippen LogP contribution in [-0.2, 0) is 23.1 Å². The van der Waals surface area contributed by atoms with Crippen molar-refractivity contribution in [3.63, 3.8) is 0 Å². The van der Waals surface area contributed by atoms with Crippen molar-refractivity contribution in [2.75, 3.05) is 39.6 Å². The van der Waals surface area contributed by atoms with Crippen molar-refractivity contribution in [3.8, 4) is 0 Å². The molecule has 0 N–H and O–H groups in total. The van der Waals surface area contributed by atoms with Crippen LogP contribution in [0.5, 0.6) is 0 Å². The molecule has 0 saturated heterocycles. The van der Waals surface area contributed by atoms with E-state index in [4.69, 9.17) is 18.5 Å². The molecule has 5 nitrogen and oxygen atoms in total. The van der Waals surface area contributed by atoms with Crippen molar-refractivity contribution in [1.82, 2.24) is 0 Å². The molecular formula is C12H26NaO5P+. The third-order valence-corrected chi connectivity index (χ3v) is 2.92. The minimum atomic E-state index is -2.04. The van der Waals surface area contributed by atoms with Crippen LogP contribution in [-0.4, -0.2) is 69.2 Å². The number of hydrogen-bond acceptors (Lipinski definition) is 5. The predicted octanol–water partition coefficient (Wildman–Crippen LogP) is 2.93. The topological polar surface area (TPSA) is 54.0 Å². The maximum absolute atomic E-state index is 11.2. The van der Waals surface area contributed by atoms with Crippen molar-refractivity contribution in [2.45, 2.75) is 39.5 Å². The van der Waals surface area contributed by atoms with Crippen LogP contribution in [0.3, 0.4) is 0 Å². The van der Waals surface area contributed by atoms with Gasteiger partial charge in [-0.15, -0.1) is 9.05 Å². The van der Waals surface area contributed by atoms with Gasteiger partial charge in [0.2, 0.25) is 0 Å². The molecule has 0 heterocycles. The molecule has 0 saturated carbocycles. The first-order valence-corrected chi connectivity index (χ1v) is 7.79. The number of unbranched alkanes of at least 4 members (excludes halogenated alkanes) is 2. The molecule has 1 radical (unpaired) electrons. The van der Waals surface area contributed by atoms with E-state index in [0.29, 0.717) is 26.4 Å². The maximum Gasteiger partial charge on any atom is 0.697 e. The molecular weight excluding hydrogens is 278 g/mol. The van der Waals surface area contributed by atoms with Gasteiger partial charge in [0.1, 0.15) is 13.2 Å². The van der Waals surface area contributed by atoms with Crippen molar-refractivity contribution in [3.05, 3.63) is 0 Å². The zero-order valence-electron chi connectivity index (χ0n) is 12.6. The van der Waals surface area contributed by atoms with Gasteiger partial charge in [-0.25, -0.2) is 0 Å². The van der Waals surface area contributed by atoms with Gasteiger partial charge in [-0.1, -0.05) is 26.7 Å². The summed E-state index contributed by atoms with van der Waals surface area (Å²) in [6.07, 6.45) is 4.29. The van der Waals surface area contributed by atoms with E-state index in [0.717, 1.165) is 38.9 Å². The van der Waals surface area contributed by atoms with Crippen LogP contribution < -0.4 is 0 Å². The van der Waals surface area contributed by atoms with Gasteiger partial charge in [0, 0.05) is 47.3 Å². The Morgan fingerprint density at radius 2 is 1.16 bits per heavy atom. The summed E-state index contributed by atoms with van der Waals surface area (Å²) in [5, 5.41) is 0. The molecule has 0 atom stereocenters.